The number of thioether (sulfide) groups is 1. The Hall–Kier alpha value is -2.01. The average molecular weight is 260 g/mol. The maximum absolute atomic E-state index is 11.8. The molecular formula is C13H12N2O2S. The molecule has 0 aliphatic heterocycles. The zero-order chi connectivity index (χ0) is 12.8. The minimum Gasteiger partial charge on any atom is -0.461 e. The van der Waals surface area contributed by atoms with E-state index >= 15 is 0 Å². The first kappa shape index (κ1) is 12.4. The van der Waals surface area contributed by atoms with Crippen LogP contribution in [0.1, 0.15) is 10.6 Å². The maximum Gasteiger partial charge on any atom is 0.223 e. The summed E-state index contributed by atoms with van der Waals surface area (Å²) in [5, 5.41) is 3.86. The molecule has 18 heavy (non-hydrogen) atoms. The van der Waals surface area contributed by atoms with E-state index in [-0.39, 0.29) is 5.78 Å². The third-order valence-electron chi connectivity index (χ3n) is 2.18. The standard InChI is InChI=1S/C13H12N2O2S/c1-18-13(15-10-4-2-6-14-9-10)8-11(16)12-5-3-7-17-12/h2-9,15H,1H3/b13-8-. The molecule has 0 spiro atoms. The normalized spacial score (nSPS) is 11.3. The van der Waals surface area contributed by atoms with E-state index in [0.29, 0.717) is 5.76 Å². The largest absolute Gasteiger partial charge is 0.461 e. The van der Waals surface area contributed by atoms with Gasteiger partial charge in [0.2, 0.25) is 5.78 Å². The lowest BCUT2D eigenvalue weighted by Gasteiger charge is -2.07. The van der Waals surface area contributed by atoms with Crippen molar-refractivity contribution in [2.45, 2.75) is 0 Å². The van der Waals surface area contributed by atoms with E-state index < -0.39 is 0 Å². The molecule has 0 saturated carbocycles. The Balaban J connectivity index is 2.11. The van der Waals surface area contributed by atoms with Crippen LogP contribution in [0.15, 0.2) is 58.4 Å². The van der Waals surface area contributed by atoms with Gasteiger partial charge in [-0.3, -0.25) is 9.78 Å². The number of aromatic nitrogens is 1. The van der Waals surface area contributed by atoms with Gasteiger partial charge in [-0.15, -0.1) is 11.8 Å². The van der Waals surface area contributed by atoms with Crippen molar-refractivity contribution < 1.29 is 9.21 Å². The number of furan rings is 1. The number of carbonyl (C=O) groups excluding carboxylic acids is 1. The van der Waals surface area contributed by atoms with Crippen molar-refractivity contribution in [3.8, 4) is 0 Å². The highest BCUT2D eigenvalue weighted by Gasteiger charge is 2.07. The summed E-state index contributed by atoms with van der Waals surface area (Å²) in [6, 6.07) is 7.04. The number of hydrogen-bond acceptors (Lipinski definition) is 5. The molecule has 2 rings (SSSR count). The molecule has 0 unspecified atom stereocenters. The molecule has 2 heterocycles. The molecule has 1 N–H and O–H groups in total. The van der Waals surface area contributed by atoms with Gasteiger partial charge in [-0.25, -0.2) is 0 Å². The van der Waals surface area contributed by atoms with E-state index in [9.17, 15) is 4.79 Å². The van der Waals surface area contributed by atoms with Crippen molar-refractivity contribution in [2.75, 3.05) is 11.6 Å². The second kappa shape index (κ2) is 6.07. The van der Waals surface area contributed by atoms with Crippen molar-refractivity contribution in [3.05, 3.63) is 59.8 Å². The smallest absolute Gasteiger partial charge is 0.223 e. The van der Waals surface area contributed by atoms with Crippen LogP contribution in [-0.4, -0.2) is 17.0 Å². The van der Waals surface area contributed by atoms with Gasteiger partial charge in [-0.1, -0.05) is 0 Å². The highest BCUT2D eigenvalue weighted by Crippen LogP contribution is 2.17. The zero-order valence-electron chi connectivity index (χ0n) is 9.79. The third-order valence-corrected chi connectivity index (χ3v) is 2.83. The number of hydrogen-bond donors (Lipinski definition) is 1. The molecule has 0 atom stereocenters. The summed E-state index contributed by atoms with van der Waals surface area (Å²) in [5.74, 6) is 0.162. The van der Waals surface area contributed by atoms with E-state index in [1.807, 2.05) is 18.4 Å². The number of ketones is 1. The van der Waals surface area contributed by atoms with Gasteiger partial charge in [-0.05, 0) is 30.5 Å². The van der Waals surface area contributed by atoms with Crippen LogP contribution >= 0.6 is 11.8 Å². The summed E-state index contributed by atoms with van der Waals surface area (Å²) in [7, 11) is 0. The maximum atomic E-state index is 11.8. The molecular weight excluding hydrogens is 248 g/mol. The highest BCUT2D eigenvalue weighted by molar-refractivity contribution is 8.02. The lowest BCUT2D eigenvalue weighted by atomic mass is 10.3. The van der Waals surface area contributed by atoms with Crippen molar-refractivity contribution in [1.82, 2.24) is 4.98 Å². The van der Waals surface area contributed by atoms with Gasteiger partial charge in [0.1, 0.15) is 0 Å². The lowest BCUT2D eigenvalue weighted by molar-refractivity contribution is 0.102. The SMILES string of the molecule is CS/C(=C\C(=O)c1ccco1)Nc1cccnc1. The molecule has 0 amide bonds. The first-order valence-corrected chi connectivity index (χ1v) is 6.52. The summed E-state index contributed by atoms with van der Waals surface area (Å²) in [6.07, 6.45) is 8.28. The molecule has 0 radical (unpaired) electrons. The molecule has 0 fully saturated rings. The molecule has 0 saturated heterocycles. The number of nitrogens with one attached hydrogen (secondary N) is 1. The van der Waals surface area contributed by atoms with Crippen molar-refractivity contribution in [3.63, 3.8) is 0 Å². The Kier molecular flexibility index (Phi) is 4.20. The lowest BCUT2D eigenvalue weighted by Crippen LogP contribution is -2.00. The monoisotopic (exact) mass is 260 g/mol. The van der Waals surface area contributed by atoms with Gasteiger partial charge >= 0.3 is 0 Å². The minimum atomic E-state index is -0.166. The summed E-state index contributed by atoms with van der Waals surface area (Å²) in [6.45, 7) is 0. The zero-order valence-corrected chi connectivity index (χ0v) is 10.6. The van der Waals surface area contributed by atoms with Gasteiger partial charge in [0, 0.05) is 12.3 Å². The molecule has 0 aromatic carbocycles. The summed E-state index contributed by atoms with van der Waals surface area (Å²) in [4.78, 5) is 15.8. The van der Waals surface area contributed by atoms with Crippen LogP contribution in [0.25, 0.3) is 0 Å². The first-order valence-electron chi connectivity index (χ1n) is 5.30. The van der Waals surface area contributed by atoms with Crippen molar-refractivity contribution >= 4 is 23.2 Å². The topological polar surface area (TPSA) is 55.1 Å². The van der Waals surface area contributed by atoms with Gasteiger partial charge in [0.25, 0.3) is 0 Å². The second-order valence-electron chi connectivity index (χ2n) is 3.42. The fraction of sp³-hybridized carbons (Fsp3) is 0.0769. The van der Waals surface area contributed by atoms with Crippen LogP contribution in [0.5, 0.6) is 0 Å². The average Bonchev–Trinajstić information content (AvgIpc) is 2.93. The Labute approximate surface area is 109 Å². The summed E-state index contributed by atoms with van der Waals surface area (Å²) >= 11 is 1.45. The minimum absolute atomic E-state index is 0.166. The van der Waals surface area contributed by atoms with Crippen LogP contribution in [0, 0.1) is 0 Å². The molecule has 2 aromatic heterocycles. The van der Waals surface area contributed by atoms with E-state index in [0.717, 1.165) is 10.7 Å². The fourth-order valence-corrected chi connectivity index (χ4v) is 1.78. The van der Waals surface area contributed by atoms with E-state index in [2.05, 4.69) is 10.3 Å². The molecule has 0 aliphatic carbocycles. The molecule has 92 valence electrons. The second-order valence-corrected chi connectivity index (χ2v) is 4.27. The summed E-state index contributed by atoms with van der Waals surface area (Å²) in [5.41, 5.74) is 0.838. The number of carbonyl (C=O) groups is 1. The molecule has 5 heteroatoms. The van der Waals surface area contributed by atoms with Crippen molar-refractivity contribution in [1.29, 1.82) is 0 Å². The quantitative estimate of drug-likeness (QED) is 0.661. The molecule has 0 bridgehead atoms. The van der Waals surface area contributed by atoms with Gasteiger partial charge in [0.05, 0.1) is 23.2 Å². The Morgan fingerprint density at radius 2 is 2.33 bits per heavy atom. The van der Waals surface area contributed by atoms with Gasteiger partial charge in [0.15, 0.2) is 5.76 Å². The van der Waals surface area contributed by atoms with Crippen LogP contribution in [-0.2, 0) is 0 Å². The number of anilines is 1. The number of pyridine rings is 1. The molecule has 4 nitrogen and oxygen atoms in total. The summed E-state index contributed by atoms with van der Waals surface area (Å²) < 4.78 is 5.05. The van der Waals surface area contributed by atoms with E-state index in [1.165, 1.54) is 24.1 Å². The van der Waals surface area contributed by atoms with Gasteiger partial charge < -0.3 is 9.73 Å². The van der Waals surface area contributed by atoms with E-state index in [1.54, 1.807) is 24.5 Å². The van der Waals surface area contributed by atoms with E-state index in [4.69, 9.17) is 4.42 Å². The van der Waals surface area contributed by atoms with Crippen LogP contribution < -0.4 is 5.32 Å². The number of rotatable bonds is 5. The predicted octanol–water partition coefficient (Wildman–Crippen LogP) is 3.17. The van der Waals surface area contributed by atoms with Crippen molar-refractivity contribution in [2.24, 2.45) is 0 Å². The van der Waals surface area contributed by atoms with Crippen LogP contribution in [0.2, 0.25) is 0 Å². The van der Waals surface area contributed by atoms with Gasteiger partial charge in [-0.2, -0.15) is 0 Å². The van der Waals surface area contributed by atoms with Crippen LogP contribution in [0.4, 0.5) is 5.69 Å². The third kappa shape index (κ3) is 3.24. The van der Waals surface area contributed by atoms with Crippen LogP contribution in [0.3, 0.4) is 0 Å². The number of allylic oxidation sites excluding steroid dienone is 1. The Bertz CT molecular complexity index is 535. The Morgan fingerprint density at radius 3 is 2.94 bits per heavy atom. The Morgan fingerprint density at radius 1 is 1.44 bits per heavy atom. The first-order chi connectivity index (χ1) is 8.79. The highest BCUT2D eigenvalue weighted by atomic mass is 32.2. The molecule has 0 aliphatic rings. The fourth-order valence-electron chi connectivity index (χ4n) is 1.33. The molecule has 2 aromatic rings. The predicted molar refractivity (Wildman–Crippen MR) is 72.5 cm³/mol. The number of nitrogens with zero attached hydrogens (tertiary/aromatic N) is 1.